The average Bonchev–Trinajstić information content (AvgIpc) is 3.22. The summed E-state index contributed by atoms with van der Waals surface area (Å²) in [6, 6.07) is 0. The van der Waals surface area contributed by atoms with Crippen LogP contribution in [-0.2, 0) is 28.6 Å². The van der Waals surface area contributed by atoms with Crippen LogP contribution in [0.3, 0.4) is 0 Å². The van der Waals surface area contributed by atoms with Crippen LogP contribution >= 0.6 is 0 Å². The minimum atomic E-state index is -0.761. The van der Waals surface area contributed by atoms with Crippen LogP contribution in [0.5, 0.6) is 0 Å². The molecule has 0 radical (unpaired) electrons. The molecule has 0 aliphatic rings. The summed E-state index contributed by atoms with van der Waals surface area (Å²) in [5.74, 6) is 0.860. The maximum atomic E-state index is 12.8. The third-order valence-electron chi connectivity index (χ3n) is 12.3. The fraction of sp³-hybridized carbons (Fsp3) is 0.943. The third kappa shape index (κ3) is 45.8. The monoisotopic (exact) mass is 835 g/mol. The van der Waals surface area contributed by atoms with Crippen LogP contribution in [-0.4, -0.2) is 37.2 Å². The molecule has 0 aromatic carbocycles. The minimum absolute atomic E-state index is 0.0636. The number of esters is 3. The third-order valence-corrected chi connectivity index (χ3v) is 12.3. The van der Waals surface area contributed by atoms with Gasteiger partial charge in [0.2, 0.25) is 0 Å². The van der Waals surface area contributed by atoms with Crippen LogP contribution in [0, 0.1) is 11.8 Å². The summed E-state index contributed by atoms with van der Waals surface area (Å²) in [5, 5.41) is 0. The zero-order valence-corrected chi connectivity index (χ0v) is 40.4. The van der Waals surface area contributed by atoms with E-state index >= 15 is 0 Å². The Morgan fingerprint density at radius 1 is 0.356 bits per heavy atom. The van der Waals surface area contributed by atoms with Crippen LogP contribution in [0.2, 0.25) is 0 Å². The fourth-order valence-electron chi connectivity index (χ4n) is 7.96. The van der Waals surface area contributed by atoms with Crippen molar-refractivity contribution in [3.63, 3.8) is 0 Å². The number of hydrogen-bond donors (Lipinski definition) is 0. The van der Waals surface area contributed by atoms with Gasteiger partial charge in [-0.3, -0.25) is 14.4 Å². The van der Waals surface area contributed by atoms with Crippen LogP contribution in [0.1, 0.15) is 291 Å². The number of unbranched alkanes of at least 4 members (excludes halogenated alkanes) is 31. The van der Waals surface area contributed by atoms with Crippen molar-refractivity contribution in [1.29, 1.82) is 0 Å². The van der Waals surface area contributed by atoms with E-state index in [0.717, 1.165) is 69.6 Å². The summed E-state index contributed by atoms with van der Waals surface area (Å²) >= 11 is 0. The van der Waals surface area contributed by atoms with Crippen LogP contribution in [0.4, 0.5) is 0 Å². The second-order valence-electron chi connectivity index (χ2n) is 18.9. The normalized spacial score (nSPS) is 12.5. The Kier molecular flexibility index (Phi) is 44.7. The first-order valence-electron chi connectivity index (χ1n) is 26.3. The van der Waals surface area contributed by atoms with E-state index < -0.39 is 6.10 Å². The molecule has 0 fully saturated rings. The Labute approximate surface area is 368 Å². The molecule has 0 saturated heterocycles. The number of ether oxygens (including phenoxy) is 3. The second-order valence-corrected chi connectivity index (χ2v) is 18.9. The molecule has 0 saturated carbocycles. The van der Waals surface area contributed by atoms with Gasteiger partial charge >= 0.3 is 17.9 Å². The van der Waals surface area contributed by atoms with E-state index in [4.69, 9.17) is 14.2 Å². The topological polar surface area (TPSA) is 78.9 Å². The molecule has 0 rings (SSSR count). The van der Waals surface area contributed by atoms with Gasteiger partial charge in [0.1, 0.15) is 13.2 Å². The van der Waals surface area contributed by atoms with Gasteiger partial charge in [0.05, 0.1) is 0 Å². The van der Waals surface area contributed by atoms with Gasteiger partial charge < -0.3 is 14.2 Å². The zero-order valence-electron chi connectivity index (χ0n) is 40.4. The highest BCUT2D eigenvalue weighted by atomic mass is 16.6. The smallest absolute Gasteiger partial charge is 0.306 e. The highest BCUT2D eigenvalue weighted by Gasteiger charge is 2.19. The van der Waals surface area contributed by atoms with E-state index in [1.54, 1.807) is 0 Å². The Morgan fingerprint density at radius 3 is 0.966 bits per heavy atom. The molecule has 0 heterocycles. The molecule has 6 heteroatoms. The predicted molar refractivity (Wildman–Crippen MR) is 252 cm³/mol. The molecule has 0 aromatic heterocycles. The van der Waals surface area contributed by atoms with Crippen LogP contribution in [0.15, 0.2) is 0 Å². The van der Waals surface area contributed by atoms with Crippen molar-refractivity contribution < 1.29 is 28.6 Å². The number of carbonyl (C=O) groups is 3. The standard InChI is InChI=1S/C53H102O6/c1-6-8-9-10-11-12-16-23-28-33-38-43-51(54)57-46-50(47-58-52(55)44-39-34-29-24-20-19-22-27-32-37-42-49(5)7-2)59-53(56)45-40-35-30-25-18-15-13-14-17-21-26-31-36-41-48(3)4/h48-50H,6-47H2,1-5H3/t49?,50-/m0/s1. The maximum absolute atomic E-state index is 12.8. The lowest BCUT2D eigenvalue weighted by atomic mass is 9.99. The summed E-state index contributed by atoms with van der Waals surface area (Å²) in [7, 11) is 0. The summed E-state index contributed by atoms with van der Waals surface area (Å²) in [5.41, 5.74) is 0. The van der Waals surface area contributed by atoms with Crippen molar-refractivity contribution in [2.24, 2.45) is 11.8 Å². The largest absolute Gasteiger partial charge is 0.462 e. The molecular formula is C53H102O6. The highest BCUT2D eigenvalue weighted by molar-refractivity contribution is 5.71. The first kappa shape index (κ1) is 57.4. The van der Waals surface area contributed by atoms with Crippen molar-refractivity contribution in [2.45, 2.75) is 298 Å². The van der Waals surface area contributed by atoms with Crippen molar-refractivity contribution >= 4 is 17.9 Å². The van der Waals surface area contributed by atoms with Crippen molar-refractivity contribution in [3.8, 4) is 0 Å². The molecule has 0 spiro atoms. The maximum Gasteiger partial charge on any atom is 0.306 e. The van der Waals surface area contributed by atoms with Gasteiger partial charge in [0.15, 0.2) is 6.10 Å². The van der Waals surface area contributed by atoms with E-state index in [-0.39, 0.29) is 31.1 Å². The molecule has 350 valence electrons. The quantitative estimate of drug-likeness (QED) is 0.0345. The van der Waals surface area contributed by atoms with Gasteiger partial charge in [-0.15, -0.1) is 0 Å². The molecule has 0 aliphatic heterocycles. The van der Waals surface area contributed by atoms with Gasteiger partial charge in [0, 0.05) is 19.3 Å². The summed E-state index contributed by atoms with van der Waals surface area (Å²) in [6.07, 6.45) is 46.5. The average molecular weight is 835 g/mol. The number of rotatable bonds is 47. The first-order valence-corrected chi connectivity index (χ1v) is 26.3. The summed E-state index contributed by atoms with van der Waals surface area (Å²) in [4.78, 5) is 37.9. The Hall–Kier alpha value is -1.59. The lowest BCUT2D eigenvalue weighted by Gasteiger charge is -2.18. The van der Waals surface area contributed by atoms with E-state index in [1.807, 2.05) is 0 Å². The molecule has 6 nitrogen and oxygen atoms in total. The Balaban J connectivity index is 4.31. The van der Waals surface area contributed by atoms with Crippen molar-refractivity contribution in [1.82, 2.24) is 0 Å². The predicted octanol–water partition coefficient (Wildman–Crippen LogP) is 16.9. The number of carbonyl (C=O) groups excluding carboxylic acids is 3. The summed E-state index contributed by atoms with van der Waals surface area (Å²) < 4.78 is 16.8. The van der Waals surface area contributed by atoms with Gasteiger partial charge in [-0.05, 0) is 31.1 Å². The molecule has 0 amide bonds. The SMILES string of the molecule is CCCCCCCCCCCCCC(=O)OC[C@@H](COC(=O)CCCCCCCCCCCCC(C)CC)OC(=O)CCCCCCCCCCCCCCCC(C)C. The van der Waals surface area contributed by atoms with Crippen molar-refractivity contribution in [3.05, 3.63) is 0 Å². The molecule has 2 atom stereocenters. The molecule has 59 heavy (non-hydrogen) atoms. The molecule has 0 aromatic rings. The molecule has 1 unspecified atom stereocenters. The van der Waals surface area contributed by atoms with Crippen LogP contribution in [0.25, 0.3) is 0 Å². The van der Waals surface area contributed by atoms with Gasteiger partial charge in [0.25, 0.3) is 0 Å². The summed E-state index contributed by atoms with van der Waals surface area (Å²) in [6.45, 7) is 11.4. The minimum Gasteiger partial charge on any atom is -0.462 e. The Bertz CT molecular complexity index is 902. The molecule has 0 bridgehead atoms. The number of hydrogen-bond acceptors (Lipinski definition) is 6. The van der Waals surface area contributed by atoms with E-state index in [1.165, 1.54) is 180 Å². The lowest BCUT2D eigenvalue weighted by molar-refractivity contribution is -0.167. The first-order chi connectivity index (χ1) is 28.8. The van der Waals surface area contributed by atoms with Gasteiger partial charge in [-0.2, -0.15) is 0 Å². The zero-order chi connectivity index (χ0) is 43.3. The molecule has 0 N–H and O–H groups in total. The van der Waals surface area contributed by atoms with Gasteiger partial charge in [-0.1, -0.05) is 253 Å². The van der Waals surface area contributed by atoms with E-state index in [9.17, 15) is 14.4 Å². The second kappa shape index (κ2) is 45.9. The van der Waals surface area contributed by atoms with E-state index in [2.05, 4.69) is 34.6 Å². The molecule has 0 aliphatic carbocycles. The highest BCUT2D eigenvalue weighted by Crippen LogP contribution is 2.18. The molecular weight excluding hydrogens is 733 g/mol. The van der Waals surface area contributed by atoms with Crippen molar-refractivity contribution in [2.75, 3.05) is 13.2 Å². The Morgan fingerprint density at radius 2 is 0.644 bits per heavy atom. The van der Waals surface area contributed by atoms with Crippen LogP contribution < -0.4 is 0 Å². The van der Waals surface area contributed by atoms with E-state index in [0.29, 0.717) is 19.3 Å². The lowest BCUT2D eigenvalue weighted by Crippen LogP contribution is -2.30. The van der Waals surface area contributed by atoms with Gasteiger partial charge in [-0.25, -0.2) is 0 Å². The fourth-order valence-corrected chi connectivity index (χ4v) is 7.96.